The molecule has 0 aromatic rings. The second-order valence-corrected chi connectivity index (χ2v) is 3.49. The van der Waals surface area contributed by atoms with Gasteiger partial charge in [-0.15, -0.1) is 0 Å². The number of rotatable bonds is 5. The molecule has 0 amide bonds. The molecule has 80 valence electrons. The molecule has 0 bridgehead atoms. The highest BCUT2D eigenvalue weighted by atomic mass is 16.7. The van der Waals surface area contributed by atoms with Gasteiger partial charge >= 0.3 is 0 Å². The van der Waals surface area contributed by atoms with E-state index in [2.05, 4.69) is 10.0 Å². The molecule has 0 spiro atoms. The third kappa shape index (κ3) is 4.46. The molecule has 0 aromatic heterocycles. The minimum Gasteiger partial charge on any atom is -0.353 e. The highest BCUT2D eigenvalue weighted by Gasteiger charge is 2.16. The fraction of sp³-hybridized carbons (Fsp3) is 1.00. The molecule has 5 heteroatoms. The molecule has 1 rings (SSSR count). The van der Waals surface area contributed by atoms with Gasteiger partial charge in [-0.2, -0.15) is 0 Å². The largest absolute Gasteiger partial charge is 0.353 e. The van der Waals surface area contributed by atoms with E-state index in [9.17, 15) is 0 Å². The maximum Gasteiger partial charge on any atom is 0.157 e. The van der Waals surface area contributed by atoms with Crippen LogP contribution in [0.1, 0.15) is 32.6 Å². The zero-order chi connectivity index (χ0) is 10.2. The van der Waals surface area contributed by atoms with Crippen LogP contribution in [0.5, 0.6) is 0 Å². The third-order valence-corrected chi connectivity index (χ3v) is 2.22. The minimum atomic E-state index is -0.0511. The first-order valence-corrected chi connectivity index (χ1v) is 5.11. The normalized spacial score (nSPS) is 23.9. The average molecular weight is 199 g/mol. The molecule has 2 atom stereocenters. The summed E-state index contributed by atoms with van der Waals surface area (Å²) in [5.41, 5.74) is 8.09. The summed E-state index contributed by atoms with van der Waals surface area (Å²) in [4.78, 5) is 2.69. The molecule has 0 aliphatic carbocycles. The lowest BCUT2D eigenvalue weighted by Gasteiger charge is -2.25. The molecule has 0 N–H and O–H groups in total. The van der Waals surface area contributed by atoms with E-state index >= 15 is 0 Å². The molecule has 1 saturated heterocycles. The van der Waals surface area contributed by atoms with Gasteiger partial charge in [-0.1, -0.05) is 5.11 Å². The molecule has 0 radical (unpaired) electrons. The Morgan fingerprint density at radius 2 is 2.50 bits per heavy atom. The van der Waals surface area contributed by atoms with Crippen LogP contribution in [0.25, 0.3) is 10.4 Å². The van der Waals surface area contributed by atoms with Crippen molar-refractivity contribution in [3.8, 4) is 0 Å². The van der Waals surface area contributed by atoms with Crippen LogP contribution in [0.2, 0.25) is 0 Å². The number of hydrogen-bond donors (Lipinski definition) is 0. The fourth-order valence-corrected chi connectivity index (χ4v) is 1.43. The Morgan fingerprint density at radius 3 is 3.14 bits per heavy atom. The standard InChI is InChI=1S/C9H17N3O2/c1-8(5-6-11-12-10)14-9-4-2-3-7-13-9/h8-9H,2-7H2,1H3/t8-,9+/m0/s1. The summed E-state index contributed by atoms with van der Waals surface area (Å²) in [6.07, 6.45) is 4.09. The van der Waals surface area contributed by atoms with Crippen molar-refractivity contribution in [2.24, 2.45) is 5.11 Å². The molecule has 0 saturated carbocycles. The maximum absolute atomic E-state index is 8.09. The first-order valence-electron chi connectivity index (χ1n) is 5.11. The number of hydrogen-bond acceptors (Lipinski definition) is 3. The topological polar surface area (TPSA) is 67.2 Å². The van der Waals surface area contributed by atoms with Gasteiger partial charge in [0.05, 0.1) is 6.10 Å². The second-order valence-electron chi connectivity index (χ2n) is 3.49. The van der Waals surface area contributed by atoms with Crippen LogP contribution < -0.4 is 0 Å². The van der Waals surface area contributed by atoms with Crippen molar-refractivity contribution in [1.29, 1.82) is 0 Å². The average Bonchev–Trinajstić information content (AvgIpc) is 2.20. The van der Waals surface area contributed by atoms with Crippen LogP contribution in [0.4, 0.5) is 0 Å². The molecule has 1 fully saturated rings. The molecule has 0 aromatic carbocycles. The zero-order valence-corrected chi connectivity index (χ0v) is 8.56. The first-order chi connectivity index (χ1) is 6.83. The molecule has 5 nitrogen and oxygen atoms in total. The van der Waals surface area contributed by atoms with Crippen LogP contribution in [-0.4, -0.2) is 25.5 Å². The molecule has 1 aliphatic heterocycles. The van der Waals surface area contributed by atoms with Crippen molar-refractivity contribution < 1.29 is 9.47 Å². The van der Waals surface area contributed by atoms with Gasteiger partial charge in [0.25, 0.3) is 0 Å². The number of ether oxygens (including phenoxy) is 2. The molecule has 1 heterocycles. The Balaban J connectivity index is 2.11. The highest BCUT2D eigenvalue weighted by Crippen LogP contribution is 2.16. The quantitative estimate of drug-likeness (QED) is 0.388. The minimum absolute atomic E-state index is 0.0511. The van der Waals surface area contributed by atoms with Crippen LogP contribution in [0.15, 0.2) is 5.11 Å². The summed E-state index contributed by atoms with van der Waals surface area (Å²) in [7, 11) is 0. The Kier molecular flexibility index (Phi) is 5.37. The summed E-state index contributed by atoms with van der Waals surface area (Å²) in [5.74, 6) is 0. The SMILES string of the molecule is C[C@@H](CCN=[N+]=[N-])O[C@@H]1CCCCO1. The van der Waals surface area contributed by atoms with Gasteiger partial charge < -0.3 is 9.47 Å². The van der Waals surface area contributed by atoms with Gasteiger partial charge in [-0.25, -0.2) is 0 Å². The molecule has 1 aliphatic rings. The summed E-state index contributed by atoms with van der Waals surface area (Å²) in [5, 5.41) is 3.46. The molecule has 14 heavy (non-hydrogen) atoms. The van der Waals surface area contributed by atoms with Crippen molar-refractivity contribution in [3.63, 3.8) is 0 Å². The number of azide groups is 1. The van der Waals surface area contributed by atoms with Crippen molar-refractivity contribution >= 4 is 0 Å². The van der Waals surface area contributed by atoms with Gasteiger partial charge in [0.1, 0.15) is 0 Å². The lowest BCUT2D eigenvalue weighted by atomic mass is 10.2. The molecule has 0 unspecified atom stereocenters. The molecular formula is C9H17N3O2. The summed E-state index contributed by atoms with van der Waals surface area (Å²) in [6.45, 7) is 3.27. The summed E-state index contributed by atoms with van der Waals surface area (Å²) >= 11 is 0. The Labute approximate surface area is 84.0 Å². The van der Waals surface area contributed by atoms with E-state index in [0.29, 0.717) is 6.54 Å². The second kappa shape index (κ2) is 6.65. The van der Waals surface area contributed by atoms with Crippen molar-refractivity contribution in [2.45, 2.75) is 45.0 Å². The third-order valence-electron chi connectivity index (χ3n) is 2.22. The van der Waals surface area contributed by atoms with Gasteiger partial charge in [0.15, 0.2) is 6.29 Å². The van der Waals surface area contributed by atoms with Gasteiger partial charge in [0.2, 0.25) is 0 Å². The summed E-state index contributed by atoms with van der Waals surface area (Å²) in [6, 6.07) is 0. The van der Waals surface area contributed by atoms with Crippen LogP contribution in [-0.2, 0) is 9.47 Å². The fourth-order valence-electron chi connectivity index (χ4n) is 1.43. The molecular weight excluding hydrogens is 182 g/mol. The van der Waals surface area contributed by atoms with E-state index in [1.165, 1.54) is 6.42 Å². The monoisotopic (exact) mass is 199 g/mol. The van der Waals surface area contributed by atoms with E-state index in [0.717, 1.165) is 25.9 Å². The van der Waals surface area contributed by atoms with Crippen LogP contribution in [0, 0.1) is 0 Å². The zero-order valence-electron chi connectivity index (χ0n) is 8.56. The smallest absolute Gasteiger partial charge is 0.157 e. The lowest BCUT2D eigenvalue weighted by Crippen LogP contribution is -2.26. The van der Waals surface area contributed by atoms with E-state index in [4.69, 9.17) is 15.0 Å². The van der Waals surface area contributed by atoms with Crippen molar-refractivity contribution in [2.75, 3.05) is 13.2 Å². The predicted octanol–water partition coefficient (Wildman–Crippen LogP) is 2.62. The number of nitrogens with zero attached hydrogens (tertiary/aromatic N) is 3. The maximum atomic E-state index is 8.09. The van der Waals surface area contributed by atoms with Crippen LogP contribution >= 0.6 is 0 Å². The Hall–Kier alpha value is -0.770. The van der Waals surface area contributed by atoms with E-state index in [1.807, 2.05) is 6.92 Å². The lowest BCUT2D eigenvalue weighted by molar-refractivity contribution is -0.184. The van der Waals surface area contributed by atoms with Gasteiger partial charge in [0, 0.05) is 18.1 Å². The Bertz CT molecular complexity index is 198. The highest BCUT2D eigenvalue weighted by molar-refractivity contribution is 4.59. The predicted molar refractivity (Wildman–Crippen MR) is 52.8 cm³/mol. The van der Waals surface area contributed by atoms with E-state index < -0.39 is 0 Å². The summed E-state index contributed by atoms with van der Waals surface area (Å²) < 4.78 is 11.1. The van der Waals surface area contributed by atoms with Crippen molar-refractivity contribution in [1.82, 2.24) is 0 Å². The van der Waals surface area contributed by atoms with E-state index in [-0.39, 0.29) is 12.4 Å². The van der Waals surface area contributed by atoms with Crippen molar-refractivity contribution in [3.05, 3.63) is 10.4 Å². The first kappa shape index (κ1) is 11.3. The van der Waals surface area contributed by atoms with Gasteiger partial charge in [-0.3, -0.25) is 0 Å². The van der Waals surface area contributed by atoms with E-state index in [1.54, 1.807) is 0 Å². The van der Waals surface area contributed by atoms with Gasteiger partial charge in [-0.05, 0) is 38.1 Å². The Morgan fingerprint density at radius 1 is 1.64 bits per heavy atom. The van der Waals surface area contributed by atoms with Crippen LogP contribution in [0.3, 0.4) is 0 Å².